The van der Waals surface area contributed by atoms with Crippen LogP contribution in [-0.2, 0) is 4.79 Å². The lowest BCUT2D eigenvalue weighted by atomic mass is 9.99. The zero-order valence-corrected chi connectivity index (χ0v) is 7.68. The maximum absolute atomic E-state index is 10.6. The normalized spacial score (nSPS) is 16.4. The van der Waals surface area contributed by atoms with Crippen LogP contribution in [0.15, 0.2) is 24.3 Å². The van der Waals surface area contributed by atoms with Crippen LogP contribution < -0.4 is 10.6 Å². The third-order valence-corrected chi connectivity index (χ3v) is 2.47. The highest BCUT2D eigenvalue weighted by molar-refractivity contribution is 5.74. The zero-order valence-electron chi connectivity index (χ0n) is 7.68. The van der Waals surface area contributed by atoms with Gasteiger partial charge in [0.2, 0.25) is 0 Å². The first-order chi connectivity index (χ1) is 6.66. The monoisotopic (exact) mass is 192 g/mol. The first-order valence-corrected chi connectivity index (χ1v) is 4.50. The Balaban J connectivity index is 2.03. The van der Waals surface area contributed by atoms with Gasteiger partial charge in [-0.1, -0.05) is 6.07 Å². The number of nitrogen functional groups attached to an aromatic ring is 1. The van der Waals surface area contributed by atoms with Gasteiger partial charge in [-0.3, -0.25) is 4.79 Å². The molecule has 0 aromatic heterocycles. The molecule has 2 rings (SSSR count). The van der Waals surface area contributed by atoms with Crippen molar-refractivity contribution in [3.05, 3.63) is 24.3 Å². The molecule has 3 N–H and O–H groups in total. The van der Waals surface area contributed by atoms with E-state index in [4.69, 9.17) is 10.8 Å². The summed E-state index contributed by atoms with van der Waals surface area (Å²) in [6, 6.07) is 7.49. The average molecular weight is 192 g/mol. The lowest BCUT2D eigenvalue weighted by molar-refractivity contribution is -0.142. The summed E-state index contributed by atoms with van der Waals surface area (Å²) in [5.74, 6) is -0.943. The summed E-state index contributed by atoms with van der Waals surface area (Å²) < 4.78 is 0. The van der Waals surface area contributed by atoms with Crippen molar-refractivity contribution >= 4 is 17.3 Å². The third-order valence-electron chi connectivity index (χ3n) is 2.47. The summed E-state index contributed by atoms with van der Waals surface area (Å²) in [5, 5.41) is 8.70. The average Bonchev–Trinajstić information content (AvgIpc) is 2.00. The van der Waals surface area contributed by atoms with Crippen molar-refractivity contribution in [1.82, 2.24) is 0 Å². The Morgan fingerprint density at radius 1 is 1.50 bits per heavy atom. The fraction of sp³-hybridized carbons (Fsp3) is 0.300. The minimum Gasteiger partial charge on any atom is -0.481 e. The molecule has 4 heteroatoms. The highest BCUT2D eigenvalue weighted by atomic mass is 16.4. The maximum Gasteiger partial charge on any atom is 0.310 e. The summed E-state index contributed by atoms with van der Waals surface area (Å²) >= 11 is 0. The number of carboxylic acid groups (broad SMARTS) is 1. The maximum atomic E-state index is 10.6. The van der Waals surface area contributed by atoms with Crippen LogP contribution in [0, 0.1) is 5.92 Å². The number of carbonyl (C=O) groups is 1. The molecule has 1 aromatic carbocycles. The van der Waals surface area contributed by atoms with Crippen molar-refractivity contribution in [2.24, 2.45) is 5.92 Å². The summed E-state index contributed by atoms with van der Waals surface area (Å²) in [6.45, 7) is 1.16. The van der Waals surface area contributed by atoms with E-state index in [1.807, 2.05) is 29.2 Å². The number of rotatable bonds is 2. The van der Waals surface area contributed by atoms with Crippen molar-refractivity contribution in [2.45, 2.75) is 0 Å². The zero-order chi connectivity index (χ0) is 10.1. The Labute approximate surface area is 81.9 Å². The molecule has 1 fully saturated rings. The predicted octanol–water partition coefficient (Wildman–Crippen LogP) is 0.790. The Morgan fingerprint density at radius 3 is 2.79 bits per heavy atom. The topological polar surface area (TPSA) is 66.6 Å². The van der Waals surface area contributed by atoms with E-state index in [1.165, 1.54) is 0 Å². The van der Waals surface area contributed by atoms with E-state index in [2.05, 4.69) is 0 Å². The highest BCUT2D eigenvalue weighted by Gasteiger charge is 2.32. The van der Waals surface area contributed by atoms with E-state index in [1.54, 1.807) is 0 Å². The van der Waals surface area contributed by atoms with E-state index in [0.29, 0.717) is 18.8 Å². The molecular formula is C10H12N2O2. The lowest BCUT2D eigenvalue weighted by Crippen LogP contribution is -2.50. The van der Waals surface area contributed by atoms with Gasteiger partial charge in [0.15, 0.2) is 0 Å². The van der Waals surface area contributed by atoms with Crippen LogP contribution in [0.1, 0.15) is 0 Å². The van der Waals surface area contributed by atoms with E-state index in [0.717, 1.165) is 5.69 Å². The molecule has 0 spiro atoms. The molecule has 1 saturated heterocycles. The van der Waals surface area contributed by atoms with Crippen molar-refractivity contribution < 1.29 is 9.90 Å². The molecule has 1 aliphatic heterocycles. The van der Waals surface area contributed by atoms with Crippen molar-refractivity contribution in [1.29, 1.82) is 0 Å². The number of carboxylic acids is 1. The van der Waals surface area contributed by atoms with Gasteiger partial charge in [0, 0.05) is 24.5 Å². The highest BCUT2D eigenvalue weighted by Crippen LogP contribution is 2.25. The molecule has 1 heterocycles. The van der Waals surface area contributed by atoms with Crippen molar-refractivity contribution in [3.8, 4) is 0 Å². The summed E-state index contributed by atoms with van der Waals surface area (Å²) in [4.78, 5) is 12.6. The quantitative estimate of drug-likeness (QED) is 0.680. The van der Waals surface area contributed by atoms with Crippen LogP contribution in [-0.4, -0.2) is 24.2 Å². The minimum atomic E-state index is -0.717. The van der Waals surface area contributed by atoms with Crippen LogP contribution in [0.4, 0.5) is 11.4 Å². The number of hydrogen-bond acceptors (Lipinski definition) is 3. The molecule has 0 bridgehead atoms. The van der Waals surface area contributed by atoms with E-state index >= 15 is 0 Å². The van der Waals surface area contributed by atoms with Crippen molar-refractivity contribution in [3.63, 3.8) is 0 Å². The largest absolute Gasteiger partial charge is 0.481 e. The van der Waals surface area contributed by atoms with Crippen LogP contribution in [0.2, 0.25) is 0 Å². The predicted molar refractivity (Wildman–Crippen MR) is 54.2 cm³/mol. The van der Waals surface area contributed by atoms with Crippen LogP contribution in [0.25, 0.3) is 0 Å². The van der Waals surface area contributed by atoms with Gasteiger partial charge in [-0.25, -0.2) is 0 Å². The second kappa shape index (κ2) is 3.21. The summed E-state index contributed by atoms with van der Waals surface area (Å²) in [7, 11) is 0. The summed E-state index contributed by atoms with van der Waals surface area (Å²) in [6.07, 6.45) is 0. The van der Waals surface area contributed by atoms with Gasteiger partial charge in [-0.05, 0) is 18.2 Å². The minimum absolute atomic E-state index is 0.226. The van der Waals surface area contributed by atoms with E-state index < -0.39 is 5.97 Å². The van der Waals surface area contributed by atoms with Crippen molar-refractivity contribution in [2.75, 3.05) is 23.7 Å². The Morgan fingerprint density at radius 2 is 2.21 bits per heavy atom. The molecule has 0 aliphatic carbocycles. The second-order valence-corrected chi connectivity index (χ2v) is 3.54. The van der Waals surface area contributed by atoms with Crippen LogP contribution in [0.5, 0.6) is 0 Å². The molecule has 4 nitrogen and oxygen atoms in total. The molecule has 14 heavy (non-hydrogen) atoms. The molecule has 0 unspecified atom stereocenters. The van der Waals surface area contributed by atoms with Gasteiger partial charge in [0.05, 0.1) is 5.92 Å². The molecule has 0 saturated carbocycles. The molecule has 0 amide bonds. The van der Waals surface area contributed by atoms with Gasteiger partial charge < -0.3 is 15.7 Å². The smallest absolute Gasteiger partial charge is 0.310 e. The molecule has 1 aliphatic rings. The van der Waals surface area contributed by atoms with Gasteiger partial charge >= 0.3 is 5.97 Å². The first kappa shape index (κ1) is 8.87. The van der Waals surface area contributed by atoms with Crippen LogP contribution in [0.3, 0.4) is 0 Å². The third kappa shape index (κ3) is 1.51. The number of anilines is 2. The number of aliphatic carboxylic acids is 1. The number of nitrogens with two attached hydrogens (primary N) is 1. The fourth-order valence-corrected chi connectivity index (χ4v) is 1.57. The Hall–Kier alpha value is -1.71. The Kier molecular flexibility index (Phi) is 2.04. The van der Waals surface area contributed by atoms with Gasteiger partial charge in [-0.2, -0.15) is 0 Å². The summed E-state index contributed by atoms with van der Waals surface area (Å²) in [5.41, 5.74) is 7.34. The SMILES string of the molecule is Nc1cccc(N2CC(C(=O)O)C2)c1. The number of hydrogen-bond donors (Lipinski definition) is 2. The molecule has 0 atom stereocenters. The molecule has 74 valence electrons. The molecule has 0 radical (unpaired) electrons. The van der Waals surface area contributed by atoms with Gasteiger partial charge in [0.1, 0.15) is 0 Å². The van der Waals surface area contributed by atoms with E-state index in [9.17, 15) is 4.79 Å². The second-order valence-electron chi connectivity index (χ2n) is 3.54. The Bertz CT molecular complexity index is 359. The standard InChI is InChI=1S/C10H12N2O2/c11-8-2-1-3-9(4-8)12-5-7(6-12)10(13)14/h1-4,7H,5-6,11H2,(H,13,14). The molecule has 1 aromatic rings. The van der Waals surface area contributed by atoms with Gasteiger partial charge in [-0.15, -0.1) is 0 Å². The molecular weight excluding hydrogens is 180 g/mol. The van der Waals surface area contributed by atoms with E-state index in [-0.39, 0.29) is 5.92 Å². The fourth-order valence-electron chi connectivity index (χ4n) is 1.57. The lowest BCUT2D eigenvalue weighted by Gasteiger charge is -2.38. The number of nitrogens with zero attached hydrogens (tertiary/aromatic N) is 1. The van der Waals surface area contributed by atoms with Gasteiger partial charge in [0.25, 0.3) is 0 Å². The first-order valence-electron chi connectivity index (χ1n) is 4.50. The van der Waals surface area contributed by atoms with Crippen LogP contribution >= 0.6 is 0 Å². The number of benzene rings is 1.